The zero-order chi connectivity index (χ0) is 47.8. The first-order valence-corrected chi connectivity index (χ1v) is 21.0. The standard InChI is InChI=1S/C43H57N11O11/c1-22(2)15-30(51-39(61)28-13-14-35(57)49-28)40(62)53-32(18-34(44)56)42(64)52-31(16-24-9-5-4-6-10-24)41(63)54-33(21-55)43(65)48-23(3)38(60)47-20-36(58)50-29(37(45)59)17-25-19-46-27-12-8-7-11-26(25)27/h4-12,19,22-23,28-33,46,55H,13-18,20-21H2,1-3H3,(H2,44,56)(H2,45,59)(H,47,60)(H,48,65)(H,49,57)(H,50,58)(H,51,61)(H,52,64)(H,53,62)(H,54,63)/t23-,28-,29-,30-,31-,32-,33-/m0/s1. The van der Waals surface area contributed by atoms with E-state index in [1.165, 1.54) is 6.92 Å². The average molecular weight is 904 g/mol. The van der Waals surface area contributed by atoms with Crippen molar-refractivity contribution in [1.82, 2.24) is 47.5 Å². The number of H-pyrrole nitrogens is 1. The van der Waals surface area contributed by atoms with E-state index in [2.05, 4.69) is 47.5 Å². The average Bonchev–Trinajstić information content (AvgIpc) is 3.89. The number of aliphatic hydroxyl groups excluding tert-OH is 1. The smallest absolute Gasteiger partial charge is 0.245 e. The molecular weight excluding hydrogens is 847 g/mol. The minimum absolute atomic E-state index is 0.0734. The molecule has 1 fully saturated rings. The van der Waals surface area contributed by atoms with E-state index >= 15 is 0 Å². The number of hydrogen-bond donors (Lipinski definition) is 12. The molecule has 0 aliphatic carbocycles. The van der Waals surface area contributed by atoms with Crippen LogP contribution in [0, 0.1) is 5.92 Å². The molecule has 0 unspecified atom stereocenters. The number of para-hydroxylation sites is 1. The van der Waals surface area contributed by atoms with E-state index in [0.29, 0.717) is 5.56 Å². The third kappa shape index (κ3) is 15.4. The van der Waals surface area contributed by atoms with Crippen molar-refractivity contribution in [3.8, 4) is 0 Å². The first-order chi connectivity index (χ1) is 30.8. The quantitative estimate of drug-likeness (QED) is 0.0422. The summed E-state index contributed by atoms with van der Waals surface area (Å²) in [6, 6.07) is 6.46. The third-order valence-corrected chi connectivity index (χ3v) is 10.4. The highest BCUT2D eigenvalue weighted by Gasteiger charge is 2.35. The Morgan fingerprint density at radius 1 is 0.708 bits per heavy atom. The second kappa shape index (κ2) is 23.9. The Kier molecular flexibility index (Phi) is 18.5. The SMILES string of the molecule is CC(C)C[C@H](NC(=O)[C@@H]1CCC(=O)N1)C(=O)N[C@@H](CC(N)=O)C(=O)N[C@@H](Cc1ccccc1)C(=O)N[C@@H](CO)C(=O)N[C@@H](C)C(=O)NCC(=O)N[C@@H](Cc1c[nH]c2ccccc12)C(N)=O. The number of carbonyl (C=O) groups is 10. The van der Waals surface area contributed by atoms with Gasteiger partial charge in [-0.05, 0) is 42.9 Å². The summed E-state index contributed by atoms with van der Waals surface area (Å²) < 4.78 is 0. The third-order valence-electron chi connectivity index (χ3n) is 10.4. The topological polar surface area (TPSA) is 355 Å². The van der Waals surface area contributed by atoms with E-state index in [-0.39, 0.29) is 43.9 Å². The molecule has 0 spiro atoms. The van der Waals surface area contributed by atoms with E-state index in [9.17, 15) is 53.1 Å². The van der Waals surface area contributed by atoms with Crippen LogP contribution < -0.4 is 54.0 Å². The van der Waals surface area contributed by atoms with Crippen LogP contribution >= 0.6 is 0 Å². The van der Waals surface area contributed by atoms with Gasteiger partial charge in [-0.3, -0.25) is 47.9 Å². The molecule has 1 aliphatic heterocycles. The Labute approximate surface area is 373 Å². The van der Waals surface area contributed by atoms with Gasteiger partial charge in [-0.15, -0.1) is 0 Å². The Morgan fingerprint density at radius 3 is 1.95 bits per heavy atom. The largest absolute Gasteiger partial charge is 0.394 e. The Morgan fingerprint density at radius 2 is 1.32 bits per heavy atom. The molecule has 4 rings (SSSR count). The molecule has 0 saturated carbocycles. The van der Waals surface area contributed by atoms with Crippen LogP contribution in [0.5, 0.6) is 0 Å². The molecule has 2 aromatic carbocycles. The van der Waals surface area contributed by atoms with Gasteiger partial charge in [0, 0.05) is 36.4 Å². The summed E-state index contributed by atoms with van der Waals surface area (Å²) in [5.74, 6) is -8.28. The Balaban J connectivity index is 1.38. The lowest BCUT2D eigenvalue weighted by Gasteiger charge is -2.27. The van der Waals surface area contributed by atoms with E-state index in [4.69, 9.17) is 11.5 Å². The predicted molar refractivity (Wildman–Crippen MR) is 233 cm³/mol. The Bertz CT molecular complexity index is 2230. The van der Waals surface area contributed by atoms with Crippen molar-refractivity contribution in [1.29, 1.82) is 0 Å². The molecule has 0 bridgehead atoms. The number of fused-ring (bicyclic) bond motifs is 1. The highest BCUT2D eigenvalue weighted by Crippen LogP contribution is 2.19. The number of aliphatic hydroxyl groups is 1. The van der Waals surface area contributed by atoms with Crippen LogP contribution in [0.25, 0.3) is 10.9 Å². The van der Waals surface area contributed by atoms with Crippen LogP contribution in [-0.2, 0) is 60.8 Å². The fourth-order valence-corrected chi connectivity index (χ4v) is 6.96. The maximum atomic E-state index is 13.8. The minimum Gasteiger partial charge on any atom is -0.394 e. The number of primary amides is 2. The van der Waals surface area contributed by atoms with E-state index in [1.807, 2.05) is 24.3 Å². The van der Waals surface area contributed by atoms with Gasteiger partial charge in [0.05, 0.1) is 19.6 Å². The van der Waals surface area contributed by atoms with Gasteiger partial charge in [0.1, 0.15) is 42.3 Å². The number of aromatic amines is 1. The van der Waals surface area contributed by atoms with E-state index in [1.54, 1.807) is 50.4 Å². The molecule has 22 heteroatoms. The highest BCUT2D eigenvalue weighted by molar-refractivity contribution is 5.99. The van der Waals surface area contributed by atoms with Gasteiger partial charge in [0.15, 0.2) is 0 Å². The Hall–Kier alpha value is -7.36. The van der Waals surface area contributed by atoms with Crippen molar-refractivity contribution in [2.45, 2.75) is 102 Å². The first-order valence-electron chi connectivity index (χ1n) is 21.0. The predicted octanol–water partition coefficient (Wildman–Crippen LogP) is -3.32. The normalized spacial score (nSPS) is 16.1. The monoisotopic (exact) mass is 903 g/mol. The number of amides is 10. The van der Waals surface area contributed by atoms with Crippen LogP contribution in [-0.4, -0.2) is 125 Å². The lowest BCUT2D eigenvalue weighted by Crippen LogP contribution is -2.60. The van der Waals surface area contributed by atoms with Gasteiger partial charge in [0.25, 0.3) is 0 Å². The van der Waals surface area contributed by atoms with Crippen molar-refractivity contribution in [2.24, 2.45) is 17.4 Å². The van der Waals surface area contributed by atoms with Crippen LogP contribution in [0.15, 0.2) is 60.8 Å². The summed E-state index contributed by atoms with van der Waals surface area (Å²) in [6.07, 6.45) is 1.36. The summed E-state index contributed by atoms with van der Waals surface area (Å²) >= 11 is 0. The number of nitrogens with two attached hydrogens (primary N) is 2. The zero-order valence-electron chi connectivity index (χ0n) is 36.2. The van der Waals surface area contributed by atoms with Crippen LogP contribution in [0.4, 0.5) is 0 Å². The van der Waals surface area contributed by atoms with Crippen LogP contribution in [0.2, 0.25) is 0 Å². The molecule has 350 valence electrons. The molecule has 10 amide bonds. The molecule has 3 aromatic rings. The van der Waals surface area contributed by atoms with Gasteiger partial charge in [-0.1, -0.05) is 62.4 Å². The summed E-state index contributed by atoms with van der Waals surface area (Å²) in [5, 5.41) is 30.5. The number of nitrogens with one attached hydrogen (secondary N) is 9. The fourth-order valence-electron chi connectivity index (χ4n) is 6.96. The van der Waals surface area contributed by atoms with Crippen LogP contribution in [0.1, 0.15) is 57.6 Å². The molecule has 1 aliphatic rings. The van der Waals surface area contributed by atoms with E-state index in [0.717, 1.165) is 16.5 Å². The molecular formula is C43H57N11O11. The molecule has 2 heterocycles. The highest BCUT2D eigenvalue weighted by atomic mass is 16.3. The first kappa shape index (κ1) is 50.3. The molecule has 14 N–H and O–H groups in total. The molecule has 1 saturated heterocycles. The summed E-state index contributed by atoms with van der Waals surface area (Å²) in [4.78, 5) is 132. The lowest BCUT2D eigenvalue weighted by atomic mass is 10.0. The number of aromatic nitrogens is 1. The molecule has 7 atom stereocenters. The zero-order valence-corrected chi connectivity index (χ0v) is 36.2. The summed E-state index contributed by atoms with van der Waals surface area (Å²) in [7, 11) is 0. The molecule has 0 radical (unpaired) electrons. The fraction of sp³-hybridized carbons (Fsp3) is 0.442. The van der Waals surface area contributed by atoms with Gasteiger partial charge >= 0.3 is 0 Å². The van der Waals surface area contributed by atoms with Gasteiger partial charge in [0.2, 0.25) is 59.1 Å². The second-order valence-electron chi connectivity index (χ2n) is 16.1. The second-order valence-corrected chi connectivity index (χ2v) is 16.1. The maximum Gasteiger partial charge on any atom is 0.245 e. The summed E-state index contributed by atoms with van der Waals surface area (Å²) in [6.45, 7) is 3.30. The molecule has 1 aromatic heterocycles. The maximum absolute atomic E-state index is 13.8. The van der Waals surface area contributed by atoms with Gasteiger partial charge < -0.3 is 64.1 Å². The van der Waals surface area contributed by atoms with Crippen molar-refractivity contribution < 1.29 is 53.1 Å². The van der Waals surface area contributed by atoms with Gasteiger partial charge in [-0.25, -0.2) is 0 Å². The number of rotatable bonds is 24. The van der Waals surface area contributed by atoms with Gasteiger partial charge in [-0.2, -0.15) is 0 Å². The number of benzene rings is 2. The lowest BCUT2D eigenvalue weighted by molar-refractivity contribution is -0.136. The van der Waals surface area contributed by atoms with Crippen molar-refractivity contribution in [2.75, 3.05) is 13.2 Å². The number of hydrogen-bond acceptors (Lipinski definition) is 11. The van der Waals surface area contributed by atoms with Crippen LogP contribution in [0.3, 0.4) is 0 Å². The van der Waals surface area contributed by atoms with Crippen molar-refractivity contribution in [3.05, 3.63) is 71.9 Å². The van der Waals surface area contributed by atoms with E-state index < -0.39 is 115 Å². The molecule has 22 nitrogen and oxygen atoms in total. The summed E-state index contributed by atoms with van der Waals surface area (Å²) in [5.41, 5.74) is 13.1. The molecule has 65 heavy (non-hydrogen) atoms. The minimum atomic E-state index is -1.66. The van der Waals surface area contributed by atoms with Crippen molar-refractivity contribution >= 4 is 70.0 Å². The van der Waals surface area contributed by atoms with Crippen molar-refractivity contribution in [3.63, 3.8) is 0 Å². The number of carbonyl (C=O) groups excluding carboxylic acids is 10.